The van der Waals surface area contributed by atoms with Gasteiger partial charge in [0.2, 0.25) is 0 Å². The van der Waals surface area contributed by atoms with E-state index in [1.54, 1.807) is 41.4 Å². The topological polar surface area (TPSA) is 102 Å². The maximum absolute atomic E-state index is 13.4. The van der Waals surface area contributed by atoms with Crippen molar-refractivity contribution >= 4 is 23.5 Å². The zero-order valence-corrected chi connectivity index (χ0v) is 19.8. The zero-order chi connectivity index (χ0) is 27.2. The van der Waals surface area contributed by atoms with Gasteiger partial charge in [-0.05, 0) is 42.0 Å². The van der Waals surface area contributed by atoms with E-state index >= 15 is 0 Å². The van der Waals surface area contributed by atoms with Crippen molar-refractivity contribution in [1.29, 1.82) is 5.26 Å². The van der Waals surface area contributed by atoms with E-state index in [1.165, 1.54) is 16.8 Å². The van der Waals surface area contributed by atoms with Gasteiger partial charge >= 0.3 is 12.1 Å². The Bertz CT molecular complexity index is 1280. The molecule has 13 heteroatoms. The van der Waals surface area contributed by atoms with E-state index in [4.69, 9.17) is 21.5 Å². The highest BCUT2D eigenvalue weighted by Crippen LogP contribution is 2.23. The molecule has 1 aliphatic heterocycles. The van der Waals surface area contributed by atoms with Crippen LogP contribution < -0.4 is 0 Å². The quantitative estimate of drug-likeness (QED) is 0.497. The summed E-state index contributed by atoms with van der Waals surface area (Å²) in [7, 11) is 0. The summed E-state index contributed by atoms with van der Waals surface area (Å²) in [6.07, 6.45) is -3.44. The number of aliphatic carboxylic acids is 1. The number of carboxylic acid groups (broad SMARTS) is 1. The smallest absolute Gasteiger partial charge is 0.475 e. The van der Waals surface area contributed by atoms with Crippen LogP contribution in [0.5, 0.6) is 0 Å². The molecule has 37 heavy (non-hydrogen) atoms. The minimum Gasteiger partial charge on any atom is -0.475 e. The van der Waals surface area contributed by atoms with Crippen molar-refractivity contribution in [3.8, 4) is 11.8 Å². The van der Waals surface area contributed by atoms with Crippen molar-refractivity contribution in [2.75, 3.05) is 26.2 Å². The predicted molar refractivity (Wildman–Crippen MR) is 124 cm³/mol. The standard InChI is InChI=1S/C22H19ClFN5O.C2HF3O2/c23-17-6-4-16(5-7-17)21(15-25)27-10-12-28(13-11-27)22(30)20-8-9-29(26-20)19-3-1-2-18(24)14-19;3-2(4,5)1(6)7/h1-9,14,21H,10-13H2;(H,6,7). The van der Waals surface area contributed by atoms with Crippen molar-refractivity contribution < 1.29 is 32.3 Å². The Labute approximate surface area is 213 Å². The molecule has 1 aliphatic rings. The number of carboxylic acids is 1. The average molecular weight is 538 g/mol. The van der Waals surface area contributed by atoms with E-state index in [1.807, 2.05) is 12.1 Å². The van der Waals surface area contributed by atoms with Gasteiger partial charge in [-0.15, -0.1) is 0 Å². The number of hydrogen-bond acceptors (Lipinski definition) is 5. The van der Waals surface area contributed by atoms with Gasteiger partial charge in [0.25, 0.3) is 5.91 Å². The molecule has 1 aromatic heterocycles. The van der Waals surface area contributed by atoms with Crippen LogP contribution in [0.2, 0.25) is 5.02 Å². The van der Waals surface area contributed by atoms with Crippen LogP contribution in [0.25, 0.3) is 5.69 Å². The van der Waals surface area contributed by atoms with Gasteiger partial charge in [0.1, 0.15) is 11.9 Å². The first-order chi connectivity index (χ1) is 17.5. The highest BCUT2D eigenvalue weighted by molar-refractivity contribution is 6.30. The van der Waals surface area contributed by atoms with Gasteiger partial charge in [0, 0.05) is 37.4 Å². The number of carbonyl (C=O) groups excluding carboxylic acids is 1. The second kappa shape index (κ2) is 11.9. The van der Waals surface area contributed by atoms with Crippen molar-refractivity contribution in [1.82, 2.24) is 19.6 Å². The number of aromatic nitrogens is 2. The highest BCUT2D eigenvalue weighted by Gasteiger charge is 2.38. The van der Waals surface area contributed by atoms with Crippen LogP contribution in [0, 0.1) is 17.1 Å². The van der Waals surface area contributed by atoms with Crippen molar-refractivity contribution in [3.05, 3.63) is 82.9 Å². The molecule has 0 radical (unpaired) electrons. The lowest BCUT2D eigenvalue weighted by atomic mass is 10.1. The molecule has 0 saturated carbocycles. The largest absolute Gasteiger partial charge is 0.490 e. The summed E-state index contributed by atoms with van der Waals surface area (Å²) in [5.74, 6) is -3.29. The molecule has 1 amide bonds. The molecule has 2 heterocycles. The van der Waals surface area contributed by atoms with E-state index in [0.717, 1.165) is 5.56 Å². The Hall–Kier alpha value is -3.95. The molecule has 0 aliphatic carbocycles. The average Bonchev–Trinajstić information content (AvgIpc) is 3.36. The number of halogens is 5. The van der Waals surface area contributed by atoms with Gasteiger partial charge in [0.15, 0.2) is 5.69 Å². The van der Waals surface area contributed by atoms with Crippen molar-refractivity contribution in [2.45, 2.75) is 12.2 Å². The zero-order valence-electron chi connectivity index (χ0n) is 19.1. The second-order valence-electron chi connectivity index (χ2n) is 7.84. The van der Waals surface area contributed by atoms with Crippen LogP contribution in [0.15, 0.2) is 60.8 Å². The van der Waals surface area contributed by atoms with Gasteiger partial charge in [-0.25, -0.2) is 13.9 Å². The summed E-state index contributed by atoms with van der Waals surface area (Å²) in [6.45, 7) is 2.16. The van der Waals surface area contributed by atoms with E-state index < -0.39 is 12.1 Å². The molecule has 0 spiro atoms. The van der Waals surface area contributed by atoms with Gasteiger partial charge < -0.3 is 10.0 Å². The summed E-state index contributed by atoms with van der Waals surface area (Å²) in [5, 5.41) is 21.7. The second-order valence-corrected chi connectivity index (χ2v) is 8.28. The van der Waals surface area contributed by atoms with Crippen LogP contribution in [0.3, 0.4) is 0 Å². The number of carbonyl (C=O) groups is 2. The minimum absolute atomic E-state index is 0.176. The third-order valence-electron chi connectivity index (χ3n) is 5.40. The summed E-state index contributed by atoms with van der Waals surface area (Å²) >= 11 is 5.94. The number of piperazine rings is 1. The third kappa shape index (κ3) is 7.28. The molecule has 8 nitrogen and oxygen atoms in total. The fraction of sp³-hybridized carbons (Fsp3) is 0.250. The fourth-order valence-corrected chi connectivity index (χ4v) is 3.68. The van der Waals surface area contributed by atoms with Gasteiger partial charge in [-0.2, -0.15) is 23.5 Å². The fourth-order valence-electron chi connectivity index (χ4n) is 3.56. The van der Waals surface area contributed by atoms with E-state index in [0.29, 0.717) is 42.6 Å². The molecular formula is C24H20ClF4N5O3. The molecule has 1 fully saturated rings. The Morgan fingerprint density at radius 1 is 1.05 bits per heavy atom. The van der Waals surface area contributed by atoms with Crippen LogP contribution in [-0.4, -0.2) is 68.9 Å². The maximum atomic E-state index is 13.4. The van der Waals surface area contributed by atoms with Gasteiger partial charge in [0.05, 0.1) is 11.8 Å². The number of benzene rings is 2. The summed E-state index contributed by atoms with van der Waals surface area (Å²) < 4.78 is 46.7. The van der Waals surface area contributed by atoms with Gasteiger partial charge in [-0.1, -0.05) is 29.8 Å². The van der Waals surface area contributed by atoms with E-state index in [-0.39, 0.29) is 17.8 Å². The Kier molecular flexibility index (Phi) is 8.86. The SMILES string of the molecule is N#CC(c1ccc(Cl)cc1)N1CCN(C(=O)c2ccn(-c3cccc(F)c3)n2)CC1.O=C(O)C(F)(F)F. The Balaban J connectivity index is 0.000000479. The molecule has 3 aromatic rings. The van der Waals surface area contributed by atoms with Crippen LogP contribution in [0.4, 0.5) is 17.6 Å². The number of rotatable bonds is 4. The number of amides is 1. The number of hydrogen-bond donors (Lipinski definition) is 1. The minimum atomic E-state index is -5.08. The van der Waals surface area contributed by atoms with Crippen molar-refractivity contribution in [2.24, 2.45) is 0 Å². The number of nitrogens with zero attached hydrogens (tertiary/aromatic N) is 5. The summed E-state index contributed by atoms with van der Waals surface area (Å²) in [4.78, 5) is 25.5. The molecule has 2 aromatic carbocycles. The summed E-state index contributed by atoms with van der Waals surface area (Å²) in [5.41, 5.74) is 1.75. The molecule has 4 rings (SSSR count). The lowest BCUT2D eigenvalue weighted by Crippen LogP contribution is -2.49. The van der Waals surface area contributed by atoms with E-state index in [9.17, 15) is 27.6 Å². The lowest BCUT2D eigenvalue weighted by molar-refractivity contribution is -0.192. The molecular weight excluding hydrogens is 518 g/mol. The molecule has 1 atom stereocenters. The van der Waals surface area contributed by atoms with Crippen LogP contribution >= 0.6 is 11.6 Å². The molecule has 1 unspecified atom stereocenters. The monoisotopic (exact) mass is 537 g/mol. The number of alkyl halides is 3. The Morgan fingerprint density at radius 3 is 2.22 bits per heavy atom. The van der Waals surface area contributed by atoms with Gasteiger partial charge in [-0.3, -0.25) is 9.69 Å². The third-order valence-corrected chi connectivity index (χ3v) is 5.65. The molecule has 0 bridgehead atoms. The van der Waals surface area contributed by atoms with Crippen LogP contribution in [-0.2, 0) is 4.79 Å². The highest BCUT2D eigenvalue weighted by atomic mass is 35.5. The summed E-state index contributed by atoms with van der Waals surface area (Å²) in [6, 6.07) is 16.9. The first-order valence-corrected chi connectivity index (χ1v) is 11.2. The first-order valence-electron chi connectivity index (χ1n) is 10.8. The number of nitriles is 1. The molecule has 1 saturated heterocycles. The normalized spacial score (nSPS) is 14.8. The Morgan fingerprint density at radius 2 is 1.68 bits per heavy atom. The van der Waals surface area contributed by atoms with Crippen LogP contribution in [0.1, 0.15) is 22.1 Å². The van der Waals surface area contributed by atoms with Crippen molar-refractivity contribution in [3.63, 3.8) is 0 Å². The van der Waals surface area contributed by atoms with E-state index in [2.05, 4.69) is 16.1 Å². The first kappa shape index (κ1) is 27.6. The lowest BCUT2D eigenvalue weighted by Gasteiger charge is -2.36. The molecule has 1 N–H and O–H groups in total. The predicted octanol–water partition coefficient (Wildman–Crippen LogP) is 4.32. The maximum Gasteiger partial charge on any atom is 0.490 e. The molecule has 194 valence electrons.